The number of carbonyl (C=O) groups excluding carboxylic acids is 2. The zero-order valence-electron chi connectivity index (χ0n) is 22.1. The first-order chi connectivity index (χ1) is 16.2. The Bertz CT molecular complexity index is 927. The molecule has 0 unspecified atom stereocenters. The summed E-state index contributed by atoms with van der Waals surface area (Å²) in [5.74, 6) is 0.471. The van der Waals surface area contributed by atoms with Crippen LogP contribution in [0.4, 0.5) is 5.82 Å². The molecule has 0 atom stereocenters. The number of rotatable bonds is 13. The van der Waals surface area contributed by atoms with E-state index in [4.69, 9.17) is 5.10 Å². The number of nitrogens with zero attached hydrogens (tertiary/aromatic N) is 3. The van der Waals surface area contributed by atoms with Gasteiger partial charge in [0.2, 0.25) is 11.8 Å². The summed E-state index contributed by atoms with van der Waals surface area (Å²) < 4.78 is 1.80. The van der Waals surface area contributed by atoms with Crippen LogP contribution in [0.25, 0.3) is 5.69 Å². The second-order valence-corrected chi connectivity index (χ2v) is 10.2. The summed E-state index contributed by atoms with van der Waals surface area (Å²) in [5.41, 5.74) is 2.74. The highest BCUT2D eigenvalue weighted by Crippen LogP contribution is 2.27. The average molecular weight is 469 g/mol. The molecule has 6 nitrogen and oxygen atoms in total. The number of aryl methyl sites for hydroxylation is 1. The van der Waals surface area contributed by atoms with Crippen molar-refractivity contribution in [2.75, 3.05) is 18.4 Å². The number of anilines is 1. The lowest BCUT2D eigenvalue weighted by molar-refractivity contribution is -0.134. The molecule has 0 spiro atoms. The molecule has 0 fully saturated rings. The van der Waals surface area contributed by atoms with E-state index < -0.39 is 0 Å². The Morgan fingerprint density at radius 2 is 1.65 bits per heavy atom. The van der Waals surface area contributed by atoms with Gasteiger partial charge in [-0.2, -0.15) is 5.10 Å². The van der Waals surface area contributed by atoms with Gasteiger partial charge >= 0.3 is 0 Å². The third-order valence-corrected chi connectivity index (χ3v) is 6.15. The van der Waals surface area contributed by atoms with Crippen molar-refractivity contribution < 1.29 is 9.59 Å². The van der Waals surface area contributed by atoms with E-state index in [9.17, 15) is 9.59 Å². The van der Waals surface area contributed by atoms with E-state index in [0.29, 0.717) is 18.8 Å². The van der Waals surface area contributed by atoms with E-state index in [-0.39, 0.29) is 23.8 Å². The summed E-state index contributed by atoms with van der Waals surface area (Å²) >= 11 is 0. The zero-order valence-corrected chi connectivity index (χ0v) is 22.1. The van der Waals surface area contributed by atoms with Crippen molar-refractivity contribution in [3.8, 4) is 5.69 Å². The Labute approximate surface area is 206 Å². The van der Waals surface area contributed by atoms with Gasteiger partial charge in [-0.05, 0) is 31.9 Å². The minimum absolute atomic E-state index is 0.0500. The number of hydrogen-bond donors (Lipinski definition) is 1. The summed E-state index contributed by atoms with van der Waals surface area (Å²) in [7, 11) is 0. The maximum absolute atomic E-state index is 12.9. The average Bonchev–Trinajstić information content (AvgIpc) is 3.21. The lowest BCUT2D eigenvalue weighted by Gasteiger charge is -2.20. The molecule has 0 bridgehead atoms. The van der Waals surface area contributed by atoms with Crippen molar-refractivity contribution in [1.29, 1.82) is 0 Å². The van der Waals surface area contributed by atoms with Crippen LogP contribution in [0.15, 0.2) is 30.3 Å². The van der Waals surface area contributed by atoms with Crippen molar-refractivity contribution in [3.63, 3.8) is 0 Å². The summed E-state index contributed by atoms with van der Waals surface area (Å²) in [6.45, 7) is 13.0. The SMILES string of the molecule is CCCCCCCCCC(=O)N(CC)CC(=O)Nc1cc(C(C)(C)C)nn1-c1ccccc1C. The molecule has 2 rings (SSSR count). The standard InChI is InChI=1S/C28H44N4O2/c1-7-9-10-11-12-13-14-19-27(34)31(8-2)21-26(33)29-25-20-24(28(4,5)6)30-32(25)23-18-16-15-17-22(23)3/h15-18,20H,7-14,19,21H2,1-6H3,(H,29,33). The van der Waals surface area contributed by atoms with Crippen molar-refractivity contribution in [2.45, 2.75) is 98.3 Å². The van der Waals surface area contributed by atoms with Crippen LogP contribution in [0.2, 0.25) is 0 Å². The Morgan fingerprint density at radius 1 is 1.00 bits per heavy atom. The third-order valence-electron chi connectivity index (χ3n) is 6.15. The minimum atomic E-state index is -0.204. The topological polar surface area (TPSA) is 67.2 Å². The number of carbonyl (C=O) groups is 2. The van der Waals surface area contributed by atoms with Gasteiger partial charge in [-0.25, -0.2) is 4.68 Å². The van der Waals surface area contributed by atoms with Gasteiger partial charge in [0, 0.05) is 24.4 Å². The lowest BCUT2D eigenvalue weighted by Crippen LogP contribution is -2.38. The van der Waals surface area contributed by atoms with Crippen LogP contribution in [-0.2, 0) is 15.0 Å². The first-order valence-corrected chi connectivity index (χ1v) is 12.9. The van der Waals surface area contributed by atoms with Gasteiger partial charge in [-0.15, -0.1) is 0 Å². The van der Waals surface area contributed by atoms with Crippen molar-refractivity contribution >= 4 is 17.6 Å². The van der Waals surface area contributed by atoms with E-state index in [1.807, 2.05) is 44.2 Å². The predicted octanol–water partition coefficient (Wildman–Crippen LogP) is 6.41. The smallest absolute Gasteiger partial charge is 0.245 e. The second-order valence-electron chi connectivity index (χ2n) is 10.2. The summed E-state index contributed by atoms with van der Waals surface area (Å²) in [4.78, 5) is 27.3. The quantitative estimate of drug-likeness (QED) is 0.346. The second kappa shape index (κ2) is 13.3. The zero-order chi connectivity index (χ0) is 25.1. The van der Waals surface area contributed by atoms with Crippen LogP contribution < -0.4 is 5.32 Å². The molecule has 1 aromatic heterocycles. The molecule has 1 aromatic carbocycles. The maximum atomic E-state index is 12.9. The first kappa shape index (κ1) is 27.6. The van der Waals surface area contributed by atoms with Gasteiger partial charge in [0.15, 0.2) is 0 Å². The van der Waals surface area contributed by atoms with Crippen LogP contribution in [0.5, 0.6) is 0 Å². The van der Waals surface area contributed by atoms with Gasteiger partial charge in [0.05, 0.1) is 17.9 Å². The van der Waals surface area contributed by atoms with Gasteiger partial charge in [-0.1, -0.05) is 84.4 Å². The van der Waals surface area contributed by atoms with Crippen LogP contribution in [-0.4, -0.2) is 39.6 Å². The number of unbranched alkanes of at least 4 members (excludes halogenated alkanes) is 6. The van der Waals surface area contributed by atoms with Crippen LogP contribution in [0.1, 0.15) is 97.2 Å². The van der Waals surface area contributed by atoms with E-state index >= 15 is 0 Å². The maximum Gasteiger partial charge on any atom is 0.245 e. The molecule has 0 aliphatic rings. The largest absolute Gasteiger partial charge is 0.334 e. The van der Waals surface area contributed by atoms with E-state index in [0.717, 1.165) is 29.8 Å². The molecular weight excluding hydrogens is 424 g/mol. The molecular formula is C28H44N4O2. The molecule has 0 saturated carbocycles. The normalized spacial score (nSPS) is 11.5. The van der Waals surface area contributed by atoms with Gasteiger partial charge in [-0.3, -0.25) is 9.59 Å². The van der Waals surface area contributed by atoms with Crippen molar-refractivity contribution in [1.82, 2.24) is 14.7 Å². The fourth-order valence-electron chi connectivity index (χ4n) is 3.94. The molecule has 188 valence electrons. The molecule has 34 heavy (non-hydrogen) atoms. The Morgan fingerprint density at radius 3 is 2.26 bits per heavy atom. The first-order valence-electron chi connectivity index (χ1n) is 12.9. The van der Waals surface area contributed by atoms with E-state index in [1.165, 1.54) is 32.1 Å². The molecule has 0 radical (unpaired) electrons. The molecule has 0 aliphatic heterocycles. The van der Waals surface area contributed by atoms with Crippen LogP contribution >= 0.6 is 0 Å². The summed E-state index contributed by atoms with van der Waals surface area (Å²) in [6.07, 6.45) is 8.70. The number of nitrogens with one attached hydrogen (secondary N) is 1. The predicted molar refractivity (Wildman–Crippen MR) is 140 cm³/mol. The molecule has 2 amide bonds. The monoisotopic (exact) mass is 468 g/mol. The number of amides is 2. The molecule has 0 aliphatic carbocycles. The lowest BCUT2D eigenvalue weighted by atomic mass is 9.92. The highest BCUT2D eigenvalue weighted by atomic mass is 16.2. The third kappa shape index (κ3) is 8.30. The molecule has 1 heterocycles. The van der Waals surface area contributed by atoms with Crippen LogP contribution in [0, 0.1) is 6.92 Å². The number of para-hydroxylation sites is 1. The number of benzene rings is 1. The number of aromatic nitrogens is 2. The van der Waals surface area contributed by atoms with E-state index in [2.05, 4.69) is 33.0 Å². The molecule has 0 saturated heterocycles. The fraction of sp³-hybridized carbons (Fsp3) is 0.607. The highest BCUT2D eigenvalue weighted by molar-refractivity contribution is 5.94. The Hall–Kier alpha value is -2.63. The Balaban J connectivity index is 2.02. The van der Waals surface area contributed by atoms with Crippen molar-refractivity contribution in [2.24, 2.45) is 0 Å². The van der Waals surface area contributed by atoms with Gasteiger partial charge in [0.1, 0.15) is 5.82 Å². The summed E-state index contributed by atoms with van der Waals surface area (Å²) in [6, 6.07) is 9.91. The Kier molecular flexibility index (Phi) is 10.8. The van der Waals surface area contributed by atoms with E-state index in [1.54, 1.807) is 9.58 Å². The van der Waals surface area contributed by atoms with Crippen LogP contribution in [0.3, 0.4) is 0 Å². The van der Waals surface area contributed by atoms with Gasteiger partial charge in [0.25, 0.3) is 0 Å². The molecule has 2 aromatic rings. The highest BCUT2D eigenvalue weighted by Gasteiger charge is 2.23. The van der Waals surface area contributed by atoms with Crippen molar-refractivity contribution in [3.05, 3.63) is 41.6 Å². The number of likely N-dealkylation sites (N-methyl/N-ethyl adjacent to an activating group) is 1. The molecule has 1 N–H and O–H groups in total. The molecule has 6 heteroatoms. The number of hydrogen-bond acceptors (Lipinski definition) is 3. The summed E-state index contributed by atoms with van der Waals surface area (Å²) in [5, 5.41) is 7.81. The fourth-order valence-corrected chi connectivity index (χ4v) is 3.94. The minimum Gasteiger partial charge on any atom is -0.334 e. The van der Waals surface area contributed by atoms with Gasteiger partial charge < -0.3 is 10.2 Å².